The van der Waals surface area contributed by atoms with Gasteiger partial charge in [0.25, 0.3) is 0 Å². The van der Waals surface area contributed by atoms with Crippen LogP contribution in [0.4, 0.5) is 5.69 Å². The molecule has 1 aliphatic rings. The molecule has 0 saturated carbocycles. The monoisotopic (exact) mass is 301 g/mol. The molecule has 0 bridgehead atoms. The van der Waals surface area contributed by atoms with Crippen LogP contribution in [0.1, 0.15) is 17.5 Å². The van der Waals surface area contributed by atoms with Crippen LogP contribution >= 0.6 is 11.6 Å². The number of hydrogen-bond donors (Lipinski definition) is 2. The second-order valence-corrected chi connectivity index (χ2v) is 5.90. The van der Waals surface area contributed by atoms with Gasteiger partial charge >= 0.3 is 5.97 Å². The van der Waals surface area contributed by atoms with E-state index in [9.17, 15) is 9.90 Å². The number of halogens is 1. The fourth-order valence-electron chi connectivity index (χ4n) is 2.89. The Labute approximate surface area is 128 Å². The fraction of sp³-hybridized carbons (Fsp3) is 0.235. The molecule has 0 spiro atoms. The van der Waals surface area contributed by atoms with Gasteiger partial charge in [-0.15, -0.1) is 0 Å². The molecule has 2 aromatic rings. The molecule has 0 saturated heterocycles. The average Bonchev–Trinajstić information content (AvgIpc) is 2.49. The zero-order valence-electron chi connectivity index (χ0n) is 11.5. The van der Waals surface area contributed by atoms with Crippen molar-refractivity contribution in [1.82, 2.24) is 0 Å². The zero-order chi connectivity index (χ0) is 14.9. The summed E-state index contributed by atoms with van der Waals surface area (Å²) in [5.74, 6) is -0.813. The molecular formula is C17H16ClNO2. The molecule has 1 aliphatic carbocycles. The first-order valence-electron chi connectivity index (χ1n) is 6.93. The van der Waals surface area contributed by atoms with Crippen molar-refractivity contribution >= 4 is 23.3 Å². The summed E-state index contributed by atoms with van der Waals surface area (Å²) < 4.78 is 0. The lowest BCUT2D eigenvalue weighted by Gasteiger charge is -2.36. The maximum Gasteiger partial charge on any atom is 0.329 e. The lowest BCUT2D eigenvalue weighted by molar-refractivity contribution is -0.142. The first kappa shape index (κ1) is 14.0. The number of nitrogens with one attached hydrogen (secondary N) is 1. The Hall–Kier alpha value is -2.00. The van der Waals surface area contributed by atoms with Gasteiger partial charge < -0.3 is 10.4 Å². The third kappa shape index (κ3) is 2.74. The van der Waals surface area contributed by atoms with Crippen molar-refractivity contribution in [3.8, 4) is 0 Å². The van der Waals surface area contributed by atoms with Crippen LogP contribution in [0.2, 0.25) is 5.02 Å². The molecule has 3 nitrogen and oxygen atoms in total. The number of hydrogen-bond acceptors (Lipinski definition) is 2. The van der Waals surface area contributed by atoms with Crippen molar-refractivity contribution in [2.24, 2.45) is 0 Å². The molecular weight excluding hydrogens is 286 g/mol. The van der Waals surface area contributed by atoms with Crippen LogP contribution in [-0.4, -0.2) is 16.6 Å². The van der Waals surface area contributed by atoms with E-state index in [1.54, 1.807) is 12.1 Å². The van der Waals surface area contributed by atoms with E-state index < -0.39 is 11.5 Å². The van der Waals surface area contributed by atoms with Crippen molar-refractivity contribution < 1.29 is 9.90 Å². The number of aliphatic carboxylic acids is 1. The Morgan fingerprint density at radius 3 is 2.43 bits per heavy atom. The Bertz CT molecular complexity index is 669. The zero-order valence-corrected chi connectivity index (χ0v) is 12.2. The maximum atomic E-state index is 11.9. The number of rotatable bonds is 3. The summed E-state index contributed by atoms with van der Waals surface area (Å²) in [5.41, 5.74) is 2.17. The van der Waals surface area contributed by atoms with Crippen LogP contribution in [0.3, 0.4) is 0 Å². The van der Waals surface area contributed by atoms with Crippen LogP contribution in [-0.2, 0) is 17.6 Å². The molecule has 0 fully saturated rings. The van der Waals surface area contributed by atoms with E-state index >= 15 is 0 Å². The van der Waals surface area contributed by atoms with Gasteiger partial charge in [-0.05, 0) is 48.2 Å². The summed E-state index contributed by atoms with van der Waals surface area (Å²) in [5, 5.41) is 13.6. The van der Waals surface area contributed by atoms with Crippen molar-refractivity contribution in [3.63, 3.8) is 0 Å². The number of anilines is 1. The minimum Gasteiger partial charge on any atom is -0.479 e. The Morgan fingerprint density at radius 1 is 1.10 bits per heavy atom. The first-order chi connectivity index (χ1) is 10.1. The number of fused-ring (bicyclic) bond motifs is 1. The van der Waals surface area contributed by atoms with E-state index in [1.165, 1.54) is 5.56 Å². The molecule has 4 heteroatoms. The van der Waals surface area contributed by atoms with E-state index in [2.05, 4.69) is 11.4 Å². The third-order valence-electron chi connectivity index (χ3n) is 4.07. The second kappa shape index (κ2) is 5.41. The van der Waals surface area contributed by atoms with E-state index in [-0.39, 0.29) is 0 Å². The number of benzene rings is 2. The summed E-state index contributed by atoms with van der Waals surface area (Å²) in [6, 6.07) is 15.2. The van der Waals surface area contributed by atoms with E-state index in [1.807, 2.05) is 30.3 Å². The summed E-state index contributed by atoms with van der Waals surface area (Å²) in [6.07, 6.45) is 1.83. The van der Waals surface area contributed by atoms with Crippen LogP contribution < -0.4 is 5.32 Å². The van der Waals surface area contributed by atoms with Crippen LogP contribution in [0.15, 0.2) is 48.5 Å². The van der Waals surface area contributed by atoms with E-state index in [4.69, 9.17) is 11.6 Å². The predicted octanol–water partition coefficient (Wildman–Crippen LogP) is 3.76. The highest BCUT2D eigenvalue weighted by Crippen LogP contribution is 2.32. The summed E-state index contributed by atoms with van der Waals surface area (Å²) in [4.78, 5) is 11.9. The minimum absolute atomic E-state index is 0.487. The third-order valence-corrected chi connectivity index (χ3v) is 4.32. The number of carboxylic acid groups (broad SMARTS) is 1. The maximum absolute atomic E-state index is 11.9. The smallest absolute Gasteiger partial charge is 0.329 e. The van der Waals surface area contributed by atoms with Crippen LogP contribution in [0.25, 0.3) is 0 Å². The van der Waals surface area contributed by atoms with Gasteiger partial charge in [-0.3, -0.25) is 0 Å². The summed E-state index contributed by atoms with van der Waals surface area (Å²) >= 11 is 5.87. The van der Waals surface area contributed by atoms with Gasteiger partial charge in [0.15, 0.2) is 0 Å². The standard InChI is InChI=1S/C17H16ClNO2/c18-14-5-7-15(8-6-14)19-17(16(20)21)10-9-12-3-1-2-4-13(12)11-17/h1-8,19H,9-11H2,(H,20,21). The molecule has 1 atom stereocenters. The molecule has 2 aromatic carbocycles. The predicted molar refractivity (Wildman–Crippen MR) is 83.9 cm³/mol. The number of aryl methyl sites for hydroxylation is 1. The topological polar surface area (TPSA) is 49.3 Å². The summed E-state index contributed by atoms with van der Waals surface area (Å²) in [6.45, 7) is 0. The number of carboxylic acids is 1. The molecule has 0 aromatic heterocycles. The highest BCUT2D eigenvalue weighted by atomic mass is 35.5. The van der Waals surface area contributed by atoms with Gasteiger partial charge in [0.2, 0.25) is 0 Å². The molecule has 0 heterocycles. The quantitative estimate of drug-likeness (QED) is 0.907. The van der Waals surface area contributed by atoms with Gasteiger partial charge in [0, 0.05) is 17.1 Å². The molecule has 2 N–H and O–H groups in total. The molecule has 1 unspecified atom stereocenters. The highest BCUT2D eigenvalue weighted by Gasteiger charge is 2.41. The molecule has 0 radical (unpaired) electrons. The van der Waals surface area contributed by atoms with Gasteiger partial charge in [-0.2, -0.15) is 0 Å². The van der Waals surface area contributed by atoms with E-state index in [0.29, 0.717) is 17.9 Å². The largest absolute Gasteiger partial charge is 0.479 e. The lowest BCUT2D eigenvalue weighted by Crippen LogP contribution is -2.50. The van der Waals surface area contributed by atoms with Crippen molar-refractivity contribution in [2.45, 2.75) is 24.8 Å². The number of carbonyl (C=O) groups is 1. The Morgan fingerprint density at radius 2 is 1.76 bits per heavy atom. The molecule has 3 rings (SSSR count). The highest BCUT2D eigenvalue weighted by molar-refractivity contribution is 6.30. The van der Waals surface area contributed by atoms with Gasteiger partial charge in [0.05, 0.1) is 0 Å². The lowest BCUT2D eigenvalue weighted by atomic mass is 9.77. The average molecular weight is 302 g/mol. The summed E-state index contributed by atoms with van der Waals surface area (Å²) in [7, 11) is 0. The van der Waals surface area contributed by atoms with Crippen molar-refractivity contribution in [3.05, 3.63) is 64.7 Å². The SMILES string of the molecule is O=C(O)C1(Nc2ccc(Cl)cc2)CCc2ccccc2C1. The van der Waals surface area contributed by atoms with Crippen molar-refractivity contribution in [1.29, 1.82) is 0 Å². The normalized spacial score (nSPS) is 20.6. The van der Waals surface area contributed by atoms with Gasteiger partial charge in [0.1, 0.15) is 5.54 Å². The molecule has 0 aliphatic heterocycles. The van der Waals surface area contributed by atoms with Crippen LogP contribution in [0, 0.1) is 0 Å². The second-order valence-electron chi connectivity index (χ2n) is 5.46. The Kier molecular flexibility index (Phi) is 3.60. The van der Waals surface area contributed by atoms with E-state index in [0.717, 1.165) is 17.7 Å². The van der Waals surface area contributed by atoms with Crippen LogP contribution in [0.5, 0.6) is 0 Å². The fourth-order valence-corrected chi connectivity index (χ4v) is 3.01. The van der Waals surface area contributed by atoms with Gasteiger partial charge in [-0.25, -0.2) is 4.79 Å². The molecule has 108 valence electrons. The first-order valence-corrected chi connectivity index (χ1v) is 7.31. The molecule has 21 heavy (non-hydrogen) atoms. The van der Waals surface area contributed by atoms with Crippen molar-refractivity contribution in [2.75, 3.05) is 5.32 Å². The Balaban J connectivity index is 1.91. The molecule has 0 amide bonds. The minimum atomic E-state index is -0.956. The van der Waals surface area contributed by atoms with Gasteiger partial charge in [-0.1, -0.05) is 35.9 Å².